The Hall–Kier alpha value is -1.35. The molecule has 0 saturated carbocycles. The Morgan fingerprint density at radius 1 is 1.47 bits per heavy atom. The molecular weight excluding hydrogens is 215 g/mol. The highest BCUT2D eigenvalue weighted by molar-refractivity contribution is 6.30. The molecule has 0 aliphatic heterocycles. The molecule has 4 heteroatoms. The second-order valence-corrected chi connectivity index (χ2v) is 3.81. The van der Waals surface area contributed by atoms with Crippen molar-refractivity contribution in [2.45, 2.75) is 13.3 Å². The molecule has 0 aliphatic rings. The van der Waals surface area contributed by atoms with Gasteiger partial charge in [0.05, 0.1) is 5.02 Å². The molecule has 2 aromatic rings. The molecule has 0 fully saturated rings. The molecule has 1 aromatic heterocycles. The van der Waals surface area contributed by atoms with Gasteiger partial charge in [0, 0.05) is 18.3 Å². The fraction of sp³-hybridized carbons (Fsp3) is 0.182. The van der Waals surface area contributed by atoms with E-state index in [2.05, 4.69) is 9.97 Å². The first-order valence-electron chi connectivity index (χ1n) is 4.60. The number of nitrogens with one attached hydrogen (secondary N) is 1. The Labute approximate surface area is 92.1 Å². The summed E-state index contributed by atoms with van der Waals surface area (Å²) >= 11 is 5.68. The van der Waals surface area contributed by atoms with Crippen LogP contribution in [-0.4, -0.2) is 9.97 Å². The van der Waals surface area contributed by atoms with E-state index in [0.717, 1.165) is 11.5 Å². The number of halogens is 2. The predicted molar refractivity (Wildman–Crippen MR) is 57.5 cm³/mol. The average Bonchev–Trinajstić information content (AvgIpc) is 2.59. The summed E-state index contributed by atoms with van der Waals surface area (Å²) in [7, 11) is 0. The van der Waals surface area contributed by atoms with Crippen molar-refractivity contribution in [2.75, 3.05) is 0 Å². The van der Waals surface area contributed by atoms with Gasteiger partial charge in [-0.05, 0) is 18.6 Å². The summed E-state index contributed by atoms with van der Waals surface area (Å²) in [6, 6.07) is 4.98. The molecule has 0 spiro atoms. The molecule has 0 bridgehead atoms. The zero-order valence-electron chi connectivity index (χ0n) is 8.22. The van der Waals surface area contributed by atoms with Gasteiger partial charge in [-0.1, -0.05) is 23.7 Å². The molecule has 0 saturated heterocycles. The number of benzene rings is 1. The van der Waals surface area contributed by atoms with Crippen LogP contribution in [0.5, 0.6) is 0 Å². The Morgan fingerprint density at radius 3 is 2.93 bits per heavy atom. The third kappa shape index (κ3) is 2.18. The van der Waals surface area contributed by atoms with E-state index >= 15 is 0 Å². The number of imidazole rings is 1. The van der Waals surface area contributed by atoms with Crippen LogP contribution in [0.3, 0.4) is 0 Å². The normalized spacial score (nSPS) is 10.6. The minimum atomic E-state index is -0.367. The molecule has 1 heterocycles. The van der Waals surface area contributed by atoms with Crippen molar-refractivity contribution in [2.24, 2.45) is 0 Å². The first kappa shape index (κ1) is 10.2. The lowest BCUT2D eigenvalue weighted by Crippen LogP contribution is -1.95. The lowest BCUT2D eigenvalue weighted by molar-refractivity contribution is 0.613. The Bertz CT molecular complexity index is 479. The Kier molecular flexibility index (Phi) is 2.73. The molecule has 0 amide bonds. The van der Waals surface area contributed by atoms with Crippen molar-refractivity contribution in [3.05, 3.63) is 52.3 Å². The molecule has 15 heavy (non-hydrogen) atoms. The number of aromatic amines is 1. The Morgan fingerprint density at radius 2 is 2.27 bits per heavy atom. The number of aryl methyl sites for hydroxylation is 1. The van der Waals surface area contributed by atoms with Crippen molar-refractivity contribution >= 4 is 11.6 Å². The van der Waals surface area contributed by atoms with Gasteiger partial charge in [-0.2, -0.15) is 0 Å². The van der Waals surface area contributed by atoms with Crippen molar-refractivity contribution in [1.29, 1.82) is 0 Å². The van der Waals surface area contributed by atoms with E-state index < -0.39 is 0 Å². The van der Waals surface area contributed by atoms with Gasteiger partial charge < -0.3 is 4.98 Å². The van der Waals surface area contributed by atoms with Crippen LogP contribution in [0.4, 0.5) is 4.39 Å². The zero-order valence-corrected chi connectivity index (χ0v) is 8.98. The van der Waals surface area contributed by atoms with Crippen molar-refractivity contribution in [3.63, 3.8) is 0 Å². The number of aromatic nitrogens is 2. The smallest absolute Gasteiger partial charge is 0.145 e. The second-order valence-electron chi connectivity index (χ2n) is 3.40. The molecule has 1 N–H and O–H groups in total. The van der Waals surface area contributed by atoms with E-state index in [4.69, 9.17) is 11.6 Å². The van der Waals surface area contributed by atoms with E-state index in [-0.39, 0.29) is 10.8 Å². The van der Waals surface area contributed by atoms with Crippen LogP contribution in [0.1, 0.15) is 17.1 Å². The first-order valence-corrected chi connectivity index (χ1v) is 4.98. The van der Waals surface area contributed by atoms with Crippen LogP contribution in [0, 0.1) is 12.7 Å². The van der Waals surface area contributed by atoms with Crippen LogP contribution in [0.15, 0.2) is 24.4 Å². The quantitative estimate of drug-likeness (QED) is 0.834. The lowest BCUT2D eigenvalue weighted by Gasteiger charge is -2.01. The summed E-state index contributed by atoms with van der Waals surface area (Å²) in [5, 5.41) is 0.149. The summed E-state index contributed by atoms with van der Waals surface area (Å²) in [6.07, 6.45) is 2.15. The zero-order chi connectivity index (χ0) is 10.8. The number of nitrogens with zero attached hydrogens (tertiary/aromatic N) is 1. The number of hydrogen-bond donors (Lipinski definition) is 1. The number of hydrogen-bond acceptors (Lipinski definition) is 1. The molecule has 78 valence electrons. The standard InChI is InChI=1S/C11H10ClFN2/c1-7-6-14-10(15-7)5-8-3-2-4-9(12)11(8)13/h2-4,6H,5H2,1H3,(H,14,15). The third-order valence-corrected chi connectivity index (χ3v) is 2.44. The van der Waals surface area contributed by atoms with Crippen molar-refractivity contribution in [3.8, 4) is 0 Å². The van der Waals surface area contributed by atoms with Gasteiger partial charge in [0.25, 0.3) is 0 Å². The van der Waals surface area contributed by atoms with Crippen molar-refractivity contribution < 1.29 is 4.39 Å². The van der Waals surface area contributed by atoms with Crippen LogP contribution >= 0.6 is 11.6 Å². The maximum absolute atomic E-state index is 13.5. The minimum Gasteiger partial charge on any atom is -0.346 e. The van der Waals surface area contributed by atoms with Crippen molar-refractivity contribution in [1.82, 2.24) is 9.97 Å². The number of H-pyrrole nitrogens is 1. The maximum Gasteiger partial charge on any atom is 0.145 e. The lowest BCUT2D eigenvalue weighted by atomic mass is 10.1. The highest BCUT2D eigenvalue weighted by Crippen LogP contribution is 2.19. The molecule has 2 nitrogen and oxygen atoms in total. The van der Waals surface area contributed by atoms with Crippen LogP contribution in [0.2, 0.25) is 5.02 Å². The molecule has 1 aromatic carbocycles. The SMILES string of the molecule is Cc1cnc(Cc2cccc(Cl)c2F)[nH]1. The van der Waals surface area contributed by atoms with E-state index in [1.165, 1.54) is 6.07 Å². The number of rotatable bonds is 2. The molecule has 2 rings (SSSR count). The van der Waals surface area contributed by atoms with Gasteiger partial charge >= 0.3 is 0 Å². The molecule has 0 aliphatic carbocycles. The largest absolute Gasteiger partial charge is 0.346 e. The third-order valence-electron chi connectivity index (χ3n) is 2.14. The highest BCUT2D eigenvalue weighted by Gasteiger charge is 2.08. The van der Waals surface area contributed by atoms with E-state index in [1.807, 2.05) is 6.92 Å². The summed E-state index contributed by atoms with van der Waals surface area (Å²) in [5.41, 5.74) is 1.52. The molecule has 0 radical (unpaired) electrons. The van der Waals surface area contributed by atoms with Gasteiger partial charge in [0.1, 0.15) is 11.6 Å². The van der Waals surface area contributed by atoms with Gasteiger partial charge in [0.2, 0.25) is 0 Å². The first-order chi connectivity index (χ1) is 7.16. The summed E-state index contributed by atoms with van der Waals surface area (Å²) in [6.45, 7) is 1.91. The van der Waals surface area contributed by atoms with Crippen LogP contribution in [0.25, 0.3) is 0 Å². The van der Waals surface area contributed by atoms with Crippen LogP contribution < -0.4 is 0 Å². The van der Waals surface area contributed by atoms with Gasteiger partial charge in [-0.15, -0.1) is 0 Å². The predicted octanol–water partition coefficient (Wildman–Crippen LogP) is 3.10. The fourth-order valence-electron chi connectivity index (χ4n) is 1.42. The van der Waals surface area contributed by atoms with Gasteiger partial charge in [0.15, 0.2) is 0 Å². The van der Waals surface area contributed by atoms with Gasteiger partial charge in [-0.25, -0.2) is 9.37 Å². The Balaban J connectivity index is 2.28. The van der Waals surface area contributed by atoms with E-state index in [9.17, 15) is 4.39 Å². The molecular formula is C11H10ClFN2. The van der Waals surface area contributed by atoms with Crippen LogP contribution in [-0.2, 0) is 6.42 Å². The fourth-order valence-corrected chi connectivity index (χ4v) is 1.62. The van der Waals surface area contributed by atoms with Gasteiger partial charge in [-0.3, -0.25) is 0 Å². The topological polar surface area (TPSA) is 28.7 Å². The minimum absolute atomic E-state index is 0.149. The van der Waals surface area contributed by atoms with E-state index in [0.29, 0.717) is 12.0 Å². The summed E-state index contributed by atoms with van der Waals surface area (Å²) < 4.78 is 13.5. The monoisotopic (exact) mass is 224 g/mol. The van der Waals surface area contributed by atoms with E-state index in [1.54, 1.807) is 18.3 Å². The summed E-state index contributed by atoms with van der Waals surface area (Å²) in [5.74, 6) is 0.377. The average molecular weight is 225 g/mol. The summed E-state index contributed by atoms with van der Waals surface area (Å²) in [4.78, 5) is 7.17. The highest BCUT2D eigenvalue weighted by atomic mass is 35.5. The maximum atomic E-state index is 13.5. The second kappa shape index (κ2) is 4.03. The molecule has 0 atom stereocenters. The molecule has 0 unspecified atom stereocenters.